The molecule has 90 valence electrons. The fourth-order valence-corrected chi connectivity index (χ4v) is 1.73. The highest BCUT2D eigenvalue weighted by Gasteiger charge is 2.19. The Morgan fingerprint density at radius 1 is 1.29 bits per heavy atom. The SMILES string of the molecule is C/C(=N\[S@](=O)C(C)(C)C)c1ccc(C#N)cc1. The largest absolute Gasteiger partial charge is 0.234 e. The lowest BCUT2D eigenvalue weighted by molar-refractivity contribution is 0.650. The summed E-state index contributed by atoms with van der Waals surface area (Å²) in [6, 6.07) is 9.15. The lowest BCUT2D eigenvalue weighted by Gasteiger charge is -2.14. The van der Waals surface area contributed by atoms with Gasteiger partial charge in [0.05, 0.1) is 22.1 Å². The van der Waals surface area contributed by atoms with E-state index < -0.39 is 11.0 Å². The number of nitriles is 1. The van der Waals surface area contributed by atoms with Gasteiger partial charge in [-0.1, -0.05) is 12.1 Å². The van der Waals surface area contributed by atoms with Gasteiger partial charge in [0.1, 0.15) is 11.0 Å². The first kappa shape index (κ1) is 13.6. The predicted molar refractivity (Wildman–Crippen MR) is 71.3 cm³/mol. The highest BCUT2D eigenvalue weighted by atomic mass is 32.2. The van der Waals surface area contributed by atoms with Gasteiger partial charge in [0, 0.05) is 0 Å². The molecule has 0 saturated carbocycles. The van der Waals surface area contributed by atoms with Gasteiger partial charge in [0.2, 0.25) is 0 Å². The summed E-state index contributed by atoms with van der Waals surface area (Å²) < 4.78 is 15.7. The van der Waals surface area contributed by atoms with Crippen molar-refractivity contribution >= 4 is 16.7 Å². The summed E-state index contributed by atoms with van der Waals surface area (Å²) in [5, 5.41) is 8.69. The molecule has 3 nitrogen and oxygen atoms in total. The zero-order chi connectivity index (χ0) is 13.1. The third kappa shape index (κ3) is 3.79. The molecule has 4 heteroatoms. The van der Waals surface area contributed by atoms with Crippen LogP contribution in [0.5, 0.6) is 0 Å². The predicted octanol–water partition coefficient (Wildman–Crippen LogP) is 2.83. The minimum Gasteiger partial charge on any atom is -0.234 e. The van der Waals surface area contributed by atoms with E-state index in [1.165, 1.54) is 0 Å². The van der Waals surface area contributed by atoms with Gasteiger partial charge < -0.3 is 0 Å². The molecule has 0 saturated heterocycles. The first-order valence-corrected chi connectivity index (χ1v) is 6.43. The van der Waals surface area contributed by atoms with E-state index in [1.807, 2.05) is 39.8 Å². The van der Waals surface area contributed by atoms with Crippen molar-refractivity contribution in [1.82, 2.24) is 0 Å². The first-order chi connectivity index (χ1) is 7.84. The summed E-state index contributed by atoms with van der Waals surface area (Å²) in [6.07, 6.45) is 0. The van der Waals surface area contributed by atoms with Crippen LogP contribution in [-0.4, -0.2) is 14.7 Å². The Morgan fingerprint density at radius 2 is 1.82 bits per heavy atom. The van der Waals surface area contributed by atoms with Crippen LogP contribution in [-0.2, 0) is 11.0 Å². The summed E-state index contributed by atoms with van der Waals surface area (Å²) in [5.74, 6) is 0. The van der Waals surface area contributed by atoms with E-state index in [9.17, 15) is 4.21 Å². The van der Waals surface area contributed by atoms with Gasteiger partial charge in [0.25, 0.3) is 0 Å². The Balaban J connectivity index is 2.97. The summed E-state index contributed by atoms with van der Waals surface area (Å²) in [6.45, 7) is 7.49. The summed E-state index contributed by atoms with van der Waals surface area (Å²) >= 11 is 0. The quantitative estimate of drug-likeness (QED) is 0.756. The van der Waals surface area contributed by atoms with E-state index in [2.05, 4.69) is 10.5 Å². The first-order valence-electron chi connectivity index (χ1n) is 5.32. The Morgan fingerprint density at radius 3 is 2.24 bits per heavy atom. The van der Waals surface area contributed by atoms with Crippen LogP contribution in [0.3, 0.4) is 0 Å². The Kier molecular flexibility index (Phi) is 4.19. The second kappa shape index (κ2) is 5.24. The Bertz CT molecular complexity index is 490. The molecule has 0 aliphatic carbocycles. The van der Waals surface area contributed by atoms with Gasteiger partial charge >= 0.3 is 0 Å². The van der Waals surface area contributed by atoms with Crippen LogP contribution in [0.15, 0.2) is 28.7 Å². The average Bonchev–Trinajstić information content (AvgIpc) is 2.27. The molecule has 0 unspecified atom stereocenters. The number of benzene rings is 1. The standard InChI is InChI=1S/C13H16N2OS/c1-10(15-17(16)13(2,3)4)12-7-5-11(9-14)6-8-12/h5-8H,1-4H3/b15-10+/t17-/m1/s1. The van der Waals surface area contributed by atoms with E-state index >= 15 is 0 Å². The van der Waals surface area contributed by atoms with Crippen molar-refractivity contribution in [3.05, 3.63) is 35.4 Å². The molecule has 0 amide bonds. The molecule has 1 rings (SSSR count). The number of nitrogens with zero attached hydrogens (tertiary/aromatic N) is 2. The van der Waals surface area contributed by atoms with Crippen LogP contribution in [0.1, 0.15) is 38.8 Å². The van der Waals surface area contributed by atoms with Gasteiger partial charge in [0.15, 0.2) is 0 Å². The van der Waals surface area contributed by atoms with Gasteiger partial charge in [-0.25, -0.2) is 4.21 Å². The van der Waals surface area contributed by atoms with Crippen molar-refractivity contribution in [3.8, 4) is 6.07 Å². The molecule has 0 radical (unpaired) electrons. The van der Waals surface area contributed by atoms with Crippen LogP contribution in [0.25, 0.3) is 0 Å². The second-order valence-electron chi connectivity index (χ2n) is 4.73. The van der Waals surface area contributed by atoms with Gasteiger partial charge in [-0.15, -0.1) is 0 Å². The van der Waals surface area contributed by atoms with Crippen molar-refractivity contribution in [1.29, 1.82) is 5.26 Å². The van der Waals surface area contributed by atoms with Gasteiger partial charge in [-0.3, -0.25) is 0 Å². The summed E-state index contributed by atoms with van der Waals surface area (Å²) in [4.78, 5) is 0. The van der Waals surface area contributed by atoms with Crippen LogP contribution < -0.4 is 0 Å². The van der Waals surface area contributed by atoms with E-state index in [-0.39, 0.29) is 4.75 Å². The van der Waals surface area contributed by atoms with Crippen LogP contribution >= 0.6 is 0 Å². The molecule has 0 aromatic heterocycles. The summed E-state index contributed by atoms with van der Waals surface area (Å²) in [5.41, 5.74) is 2.22. The molecule has 17 heavy (non-hydrogen) atoms. The topological polar surface area (TPSA) is 53.2 Å². The monoisotopic (exact) mass is 248 g/mol. The van der Waals surface area contributed by atoms with E-state index in [1.54, 1.807) is 12.1 Å². The number of hydrogen-bond donors (Lipinski definition) is 0. The molecule has 1 atom stereocenters. The Labute approximate surface area is 105 Å². The average molecular weight is 248 g/mol. The Hall–Kier alpha value is -1.47. The van der Waals surface area contributed by atoms with Crippen molar-refractivity contribution in [2.75, 3.05) is 0 Å². The lowest BCUT2D eigenvalue weighted by Crippen LogP contribution is -2.20. The van der Waals surface area contributed by atoms with Crippen LogP contribution in [0.2, 0.25) is 0 Å². The fraction of sp³-hybridized carbons (Fsp3) is 0.385. The van der Waals surface area contributed by atoms with Crippen molar-refractivity contribution in [2.45, 2.75) is 32.4 Å². The molecule has 1 aromatic carbocycles. The molecule has 0 aliphatic heterocycles. The smallest absolute Gasteiger partial charge is 0.145 e. The number of rotatable bonds is 2. The van der Waals surface area contributed by atoms with Crippen molar-refractivity contribution < 1.29 is 4.21 Å². The van der Waals surface area contributed by atoms with Gasteiger partial charge in [-0.05, 0) is 45.4 Å². The minimum absolute atomic E-state index is 0.353. The molecule has 0 fully saturated rings. The van der Waals surface area contributed by atoms with Gasteiger partial charge in [-0.2, -0.15) is 9.66 Å². The van der Waals surface area contributed by atoms with Crippen molar-refractivity contribution in [3.63, 3.8) is 0 Å². The van der Waals surface area contributed by atoms with Crippen molar-refractivity contribution in [2.24, 2.45) is 4.40 Å². The molecule has 0 bridgehead atoms. The highest BCUT2D eigenvalue weighted by Crippen LogP contribution is 2.14. The van der Waals surface area contributed by atoms with Crippen LogP contribution in [0, 0.1) is 11.3 Å². The molecular weight excluding hydrogens is 232 g/mol. The normalized spacial score (nSPS) is 14.2. The number of hydrogen-bond acceptors (Lipinski definition) is 2. The van der Waals surface area contributed by atoms with E-state index in [0.29, 0.717) is 5.56 Å². The molecular formula is C13H16N2OS. The molecule has 1 aromatic rings. The molecule has 0 spiro atoms. The molecule has 0 N–H and O–H groups in total. The van der Waals surface area contributed by atoms with E-state index in [0.717, 1.165) is 11.3 Å². The molecule has 0 aliphatic rings. The van der Waals surface area contributed by atoms with E-state index in [4.69, 9.17) is 5.26 Å². The maximum atomic E-state index is 11.8. The third-order valence-corrected chi connectivity index (χ3v) is 3.66. The molecule has 0 heterocycles. The zero-order valence-electron chi connectivity index (χ0n) is 10.5. The highest BCUT2D eigenvalue weighted by molar-refractivity contribution is 7.85. The summed E-state index contributed by atoms with van der Waals surface area (Å²) in [7, 11) is -1.25. The maximum Gasteiger partial charge on any atom is 0.145 e. The van der Waals surface area contributed by atoms with Crippen LogP contribution in [0.4, 0.5) is 0 Å². The third-order valence-electron chi connectivity index (χ3n) is 2.18. The fourth-order valence-electron chi connectivity index (χ4n) is 1.10. The minimum atomic E-state index is -1.25. The lowest BCUT2D eigenvalue weighted by atomic mass is 10.1. The zero-order valence-corrected chi connectivity index (χ0v) is 11.3. The maximum absolute atomic E-state index is 11.8. The second-order valence-corrected chi connectivity index (χ2v) is 6.63.